The number of amides is 2. The normalized spacial score (nSPS) is 22.0. The van der Waals surface area contributed by atoms with Gasteiger partial charge in [-0.3, -0.25) is 9.59 Å². The largest absolute Gasteiger partial charge is 0.493 e. The molecule has 7 heteroatoms. The smallest absolute Gasteiger partial charge is 0.274 e. The number of nitrogens with one attached hydrogen (secondary N) is 1. The molecule has 1 saturated heterocycles. The van der Waals surface area contributed by atoms with Crippen LogP contribution < -0.4 is 10.1 Å². The standard InChI is InChI=1S/C30H33N3O3S/c1-17-10-11-21(14-18(17)2)28-27(32-19(3)37-28)30(35)33-22(15-20-6-4-8-25(20)33)16-31-29(34)24-7-5-9-26-23(24)12-13-36-26/h5,7,9-11,14,20,22,25H,4,6,8,12-13,15-16H2,1-3H3,(H,31,34)/t20-,22-,25-/m0/s1. The summed E-state index contributed by atoms with van der Waals surface area (Å²) in [6.07, 6.45) is 4.99. The highest BCUT2D eigenvalue weighted by atomic mass is 32.1. The summed E-state index contributed by atoms with van der Waals surface area (Å²) in [5.41, 5.74) is 5.69. The van der Waals surface area contributed by atoms with Crippen LogP contribution in [0.1, 0.15) is 68.2 Å². The van der Waals surface area contributed by atoms with Crippen LogP contribution in [-0.4, -0.2) is 46.9 Å². The first-order chi connectivity index (χ1) is 17.9. The van der Waals surface area contributed by atoms with Crippen LogP contribution >= 0.6 is 11.3 Å². The Kier molecular flexibility index (Phi) is 6.27. The Morgan fingerprint density at radius 2 is 2.00 bits per heavy atom. The molecule has 3 atom stereocenters. The molecule has 0 spiro atoms. The van der Waals surface area contributed by atoms with Crippen LogP contribution in [0.15, 0.2) is 36.4 Å². The van der Waals surface area contributed by atoms with Crippen molar-refractivity contribution in [3.8, 4) is 16.2 Å². The van der Waals surface area contributed by atoms with Crippen LogP contribution in [0.2, 0.25) is 0 Å². The van der Waals surface area contributed by atoms with Gasteiger partial charge in [-0.1, -0.05) is 30.7 Å². The molecule has 1 N–H and O–H groups in total. The average molecular weight is 516 g/mol. The molecule has 6 rings (SSSR count). The van der Waals surface area contributed by atoms with E-state index in [1.54, 1.807) is 11.3 Å². The van der Waals surface area contributed by atoms with Crippen LogP contribution in [0.4, 0.5) is 0 Å². The molecule has 3 heterocycles. The van der Waals surface area contributed by atoms with Crippen molar-refractivity contribution in [2.45, 2.75) is 65.0 Å². The molecule has 2 fully saturated rings. The molecule has 0 radical (unpaired) electrons. The Balaban J connectivity index is 1.26. The van der Waals surface area contributed by atoms with Crippen molar-refractivity contribution in [2.24, 2.45) is 5.92 Å². The van der Waals surface area contributed by atoms with Gasteiger partial charge in [-0.25, -0.2) is 4.98 Å². The zero-order chi connectivity index (χ0) is 25.7. The predicted molar refractivity (Wildman–Crippen MR) is 145 cm³/mol. The van der Waals surface area contributed by atoms with E-state index in [-0.39, 0.29) is 23.9 Å². The van der Waals surface area contributed by atoms with Crippen molar-refractivity contribution in [1.29, 1.82) is 0 Å². The van der Waals surface area contributed by atoms with E-state index < -0.39 is 0 Å². The lowest BCUT2D eigenvalue weighted by Crippen LogP contribution is -2.46. The van der Waals surface area contributed by atoms with Crippen molar-refractivity contribution in [3.63, 3.8) is 0 Å². The monoisotopic (exact) mass is 515 g/mol. The van der Waals surface area contributed by atoms with Gasteiger partial charge in [0.05, 0.1) is 22.5 Å². The van der Waals surface area contributed by atoms with E-state index in [1.165, 1.54) is 11.1 Å². The molecule has 3 aromatic rings. The summed E-state index contributed by atoms with van der Waals surface area (Å²) in [4.78, 5) is 35.1. The number of benzene rings is 2. The minimum absolute atomic E-state index is 0.000213. The third-order valence-electron chi connectivity index (χ3n) is 8.37. The summed E-state index contributed by atoms with van der Waals surface area (Å²) in [7, 11) is 0. The van der Waals surface area contributed by atoms with E-state index in [4.69, 9.17) is 9.72 Å². The van der Waals surface area contributed by atoms with Crippen LogP contribution in [0.25, 0.3) is 10.4 Å². The lowest BCUT2D eigenvalue weighted by atomic mass is 10.0. The fourth-order valence-corrected chi connectivity index (χ4v) is 7.31. The second kappa shape index (κ2) is 9.60. The molecular formula is C30H33N3O3S. The molecule has 1 aliphatic carbocycles. The van der Waals surface area contributed by atoms with Gasteiger partial charge in [-0.15, -0.1) is 11.3 Å². The Morgan fingerprint density at radius 1 is 1.14 bits per heavy atom. The van der Waals surface area contributed by atoms with Crippen LogP contribution in [0, 0.1) is 26.7 Å². The Labute approximate surface area is 222 Å². The second-order valence-electron chi connectivity index (χ2n) is 10.7. The third kappa shape index (κ3) is 4.33. The molecule has 0 unspecified atom stereocenters. The highest BCUT2D eigenvalue weighted by Crippen LogP contribution is 2.43. The molecule has 3 aliphatic rings. The number of thiazole rings is 1. The van der Waals surface area contributed by atoms with Gasteiger partial charge in [-0.05, 0) is 74.8 Å². The number of ether oxygens (including phenoxy) is 1. The zero-order valence-electron chi connectivity index (χ0n) is 21.7. The number of hydrogen-bond acceptors (Lipinski definition) is 5. The lowest BCUT2D eigenvalue weighted by Gasteiger charge is -2.30. The maximum Gasteiger partial charge on any atom is 0.274 e. The van der Waals surface area contributed by atoms with Crippen LogP contribution in [-0.2, 0) is 6.42 Å². The van der Waals surface area contributed by atoms with E-state index in [9.17, 15) is 9.59 Å². The SMILES string of the molecule is Cc1nc(C(=O)N2[C@H](CNC(=O)c3cccc4c3CCO4)C[C@@H]3CCC[C@@H]32)c(-c2ccc(C)c(C)c2)s1. The lowest BCUT2D eigenvalue weighted by molar-refractivity contribution is 0.0645. The summed E-state index contributed by atoms with van der Waals surface area (Å²) in [6, 6.07) is 12.2. The Hall–Kier alpha value is -3.19. The third-order valence-corrected chi connectivity index (χ3v) is 9.39. The van der Waals surface area contributed by atoms with E-state index in [0.29, 0.717) is 30.3 Å². The Morgan fingerprint density at radius 3 is 2.84 bits per heavy atom. The number of aromatic nitrogens is 1. The summed E-state index contributed by atoms with van der Waals surface area (Å²) >= 11 is 1.58. The number of carbonyl (C=O) groups is 2. The minimum Gasteiger partial charge on any atom is -0.493 e. The molecule has 2 amide bonds. The van der Waals surface area contributed by atoms with Gasteiger partial charge in [0.25, 0.3) is 11.8 Å². The molecule has 2 aliphatic heterocycles. The summed E-state index contributed by atoms with van der Waals surface area (Å²) in [5, 5.41) is 4.05. The maximum atomic E-state index is 14.2. The van der Waals surface area contributed by atoms with Crippen LogP contribution in [0.3, 0.4) is 0 Å². The number of rotatable bonds is 5. The van der Waals surface area contributed by atoms with Gasteiger partial charge in [0, 0.05) is 30.1 Å². The molecule has 192 valence electrons. The van der Waals surface area contributed by atoms with Crippen LogP contribution in [0.5, 0.6) is 5.75 Å². The molecule has 37 heavy (non-hydrogen) atoms. The fraction of sp³-hybridized carbons (Fsp3) is 0.433. The zero-order valence-corrected chi connectivity index (χ0v) is 22.5. The second-order valence-corrected chi connectivity index (χ2v) is 11.9. The molecule has 6 nitrogen and oxygen atoms in total. The van der Waals surface area contributed by atoms with E-state index in [0.717, 1.165) is 58.9 Å². The molecule has 0 bridgehead atoms. The number of aryl methyl sites for hydroxylation is 3. The number of carbonyl (C=O) groups excluding carboxylic acids is 2. The first-order valence-electron chi connectivity index (χ1n) is 13.3. The summed E-state index contributed by atoms with van der Waals surface area (Å²) in [6.45, 7) is 7.23. The Bertz CT molecular complexity index is 1380. The molecule has 2 aromatic carbocycles. The first-order valence-corrected chi connectivity index (χ1v) is 14.1. The van der Waals surface area contributed by atoms with Gasteiger partial charge in [0.15, 0.2) is 0 Å². The number of likely N-dealkylation sites (tertiary alicyclic amines) is 1. The maximum absolute atomic E-state index is 14.2. The van der Waals surface area contributed by atoms with Crippen molar-refractivity contribution < 1.29 is 14.3 Å². The summed E-state index contributed by atoms with van der Waals surface area (Å²) < 4.78 is 5.64. The van der Waals surface area contributed by atoms with E-state index in [2.05, 4.69) is 42.3 Å². The molecular weight excluding hydrogens is 482 g/mol. The quantitative estimate of drug-likeness (QED) is 0.488. The van der Waals surface area contributed by atoms with Gasteiger partial charge >= 0.3 is 0 Å². The highest BCUT2D eigenvalue weighted by Gasteiger charge is 2.47. The van der Waals surface area contributed by atoms with Crippen molar-refractivity contribution in [2.75, 3.05) is 13.2 Å². The van der Waals surface area contributed by atoms with Gasteiger partial charge in [0.2, 0.25) is 0 Å². The van der Waals surface area contributed by atoms with Gasteiger partial charge in [-0.2, -0.15) is 0 Å². The fourth-order valence-electron chi connectivity index (χ4n) is 6.40. The van der Waals surface area contributed by atoms with E-state index in [1.807, 2.05) is 25.1 Å². The minimum atomic E-state index is -0.0906. The summed E-state index contributed by atoms with van der Waals surface area (Å²) in [5.74, 6) is 1.20. The van der Waals surface area contributed by atoms with Crippen molar-refractivity contribution in [1.82, 2.24) is 15.2 Å². The van der Waals surface area contributed by atoms with Crippen molar-refractivity contribution >= 4 is 23.2 Å². The topological polar surface area (TPSA) is 71.5 Å². The number of hydrogen-bond donors (Lipinski definition) is 1. The number of fused-ring (bicyclic) bond motifs is 2. The molecule has 1 aromatic heterocycles. The van der Waals surface area contributed by atoms with Gasteiger partial charge < -0.3 is 15.0 Å². The predicted octanol–water partition coefficient (Wildman–Crippen LogP) is 5.48. The molecule has 1 saturated carbocycles. The average Bonchev–Trinajstić information content (AvgIpc) is 3.67. The van der Waals surface area contributed by atoms with E-state index >= 15 is 0 Å². The first kappa shape index (κ1) is 24.2. The number of nitrogens with zero attached hydrogens (tertiary/aromatic N) is 2. The van der Waals surface area contributed by atoms with Crippen molar-refractivity contribution in [3.05, 3.63) is 69.4 Å². The highest BCUT2D eigenvalue weighted by molar-refractivity contribution is 7.15. The van der Waals surface area contributed by atoms with Gasteiger partial charge in [0.1, 0.15) is 11.4 Å².